The minimum absolute atomic E-state index is 0.000517. The van der Waals surface area contributed by atoms with Gasteiger partial charge in [-0.3, -0.25) is 14.6 Å². The number of esters is 1. The maximum atomic E-state index is 12.9. The molecule has 13 heteroatoms. The average Bonchev–Trinajstić information content (AvgIpc) is 3.22. The lowest BCUT2D eigenvalue weighted by Crippen LogP contribution is -2.60. The molecule has 328 valence electrons. The van der Waals surface area contributed by atoms with Gasteiger partial charge < -0.3 is 46.3 Å². The molecule has 0 aromatic heterocycles. The first-order valence-electron chi connectivity index (χ1n) is 22.9. The first-order chi connectivity index (χ1) is 28.6. The molecule has 1 aromatic rings. The number of aliphatic hydroxyl groups excluding tert-OH is 3. The van der Waals surface area contributed by atoms with Gasteiger partial charge in [-0.1, -0.05) is 44.4 Å². The van der Waals surface area contributed by atoms with Crippen LogP contribution in [0.1, 0.15) is 108 Å². The van der Waals surface area contributed by atoms with Crippen molar-refractivity contribution < 1.29 is 34.7 Å². The van der Waals surface area contributed by atoms with E-state index in [2.05, 4.69) is 39.2 Å². The third-order valence-electron chi connectivity index (χ3n) is 14.7. The number of hydrogen-bond donors (Lipinski definition) is 7. The molecule has 7 aliphatic rings. The number of aromatic hydroxyl groups is 1. The molecule has 13 atom stereocenters. The first-order valence-corrected chi connectivity index (χ1v) is 22.9. The fourth-order valence-corrected chi connectivity index (χ4v) is 11.6. The second kappa shape index (κ2) is 20.2. The van der Waals surface area contributed by atoms with Gasteiger partial charge in [0.15, 0.2) is 17.5 Å². The van der Waals surface area contributed by atoms with Crippen LogP contribution in [0.5, 0.6) is 11.5 Å². The number of nitrogens with one attached hydrogen (secondary N) is 2. The molecule has 0 saturated carbocycles. The molecule has 8 rings (SSSR count). The van der Waals surface area contributed by atoms with E-state index in [1.165, 1.54) is 6.92 Å². The molecule has 0 amide bonds. The highest BCUT2D eigenvalue weighted by molar-refractivity contribution is 5.77. The molecule has 8 bridgehead atoms. The van der Waals surface area contributed by atoms with E-state index in [0.29, 0.717) is 61.6 Å². The Kier molecular flexibility index (Phi) is 15.0. The van der Waals surface area contributed by atoms with Crippen molar-refractivity contribution in [3.8, 4) is 23.3 Å². The number of unbranched alkanes of at least 4 members (excludes halogenated alkanes) is 2. The lowest BCUT2D eigenvalue weighted by Gasteiger charge is -2.52. The van der Waals surface area contributed by atoms with Gasteiger partial charge in [-0.2, -0.15) is 0 Å². The lowest BCUT2D eigenvalue weighted by atomic mass is 9.67. The summed E-state index contributed by atoms with van der Waals surface area (Å²) in [5.74, 6) is 8.75. The molecule has 0 radical (unpaired) electrons. The fourth-order valence-electron chi connectivity index (χ4n) is 11.6. The fraction of sp³-hybridized carbons (Fsp3) is 0.783. The zero-order valence-corrected chi connectivity index (χ0v) is 35.6. The van der Waals surface area contributed by atoms with E-state index in [9.17, 15) is 25.2 Å². The summed E-state index contributed by atoms with van der Waals surface area (Å²) in [7, 11) is 0. The maximum absolute atomic E-state index is 12.9. The smallest absolute Gasteiger partial charge is 0.302 e. The van der Waals surface area contributed by atoms with Crippen molar-refractivity contribution in [3.05, 3.63) is 23.3 Å². The van der Waals surface area contributed by atoms with E-state index in [0.717, 1.165) is 102 Å². The Morgan fingerprint density at radius 1 is 1.10 bits per heavy atom. The summed E-state index contributed by atoms with van der Waals surface area (Å²) in [5, 5.41) is 51.9. The van der Waals surface area contributed by atoms with Gasteiger partial charge in [0.25, 0.3) is 0 Å². The number of rotatable bonds is 7. The van der Waals surface area contributed by atoms with Gasteiger partial charge in [-0.25, -0.2) is 4.99 Å². The summed E-state index contributed by atoms with van der Waals surface area (Å²) in [6.45, 7) is 8.92. The maximum Gasteiger partial charge on any atom is 0.302 e. The van der Waals surface area contributed by atoms with Crippen LogP contribution in [0.3, 0.4) is 0 Å². The second-order valence-electron chi connectivity index (χ2n) is 18.9. The van der Waals surface area contributed by atoms with Gasteiger partial charge in [-0.15, -0.1) is 0 Å². The van der Waals surface area contributed by atoms with Crippen LogP contribution in [-0.4, -0.2) is 125 Å². The van der Waals surface area contributed by atoms with Gasteiger partial charge in [0, 0.05) is 70.0 Å². The summed E-state index contributed by atoms with van der Waals surface area (Å²) in [4.78, 5) is 22.7. The van der Waals surface area contributed by atoms with Crippen molar-refractivity contribution in [2.75, 3.05) is 52.5 Å². The van der Waals surface area contributed by atoms with E-state index >= 15 is 0 Å². The van der Waals surface area contributed by atoms with E-state index in [4.69, 9.17) is 20.2 Å². The highest BCUT2D eigenvalue weighted by atomic mass is 16.5. The number of aliphatic imine (C=N–C) groups is 1. The number of fused-ring (bicyclic) bond motifs is 9. The summed E-state index contributed by atoms with van der Waals surface area (Å²) in [5.41, 5.74) is 7.50. The van der Waals surface area contributed by atoms with Gasteiger partial charge >= 0.3 is 5.97 Å². The third kappa shape index (κ3) is 10.9. The van der Waals surface area contributed by atoms with Gasteiger partial charge in [-0.05, 0) is 105 Å². The van der Waals surface area contributed by atoms with Crippen LogP contribution in [0.2, 0.25) is 0 Å². The Labute approximate surface area is 351 Å². The molecular formula is C46H72N6O7. The van der Waals surface area contributed by atoms with Crippen LogP contribution < -0.4 is 21.1 Å². The summed E-state index contributed by atoms with van der Waals surface area (Å²) in [6.07, 6.45) is 9.89. The normalized spacial score (nSPS) is 37.7. The molecule has 3 fully saturated rings. The highest BCUT2D eigenvalue weighted by Crippen LogP contribution is 2.43. The molecule has 1 aliphatic carbocycles. The summed E-state index contributed by atoms with van der Waals surface area (Å²) in [6, 6.07) is 3.77. The summed E-state index contributed by atoms with van der Waals surface area (Å²) >= 11 is 0. The Morgan fingerprint density at radius 3 is 2.76 bits per heavy atom. The monoisotopic (exact) mass is 821 g/mol. The van der Waals surface area contributed by atoms with Crippen LogP contribution in [0.4, 0.5) is 0 Å². The molecule has 1 spiro atoms. The Balaban J connectivity index is 1.35. The number of nitrogens with zero attached hydrogens (tertiary/aromatic N) is 3. The standard InChI is InChI=1S/C46H72N6O7/c1-3-4-5-8-36-25-52-23-31-16-34(41(52)27-54)24-51(22-31)29-50-45(47)49-28-46(36)13-10-32-7-6-9-37-20-39(12-15-48-37)59-44-19-33(35(26-53)18-42(44)57)17-40(32)43(58-30(2)55)21-38(56)11-14-46/h18-19,31-32,34,36-41,43,48,53-54,56-57H,3-9,11-12,14-17,20-29H2,1-2H3,(H3,47,49,50)/t31-,32+,34+,36-,37-,38-,39-,40+,41+,43-,46-/m0/s1. The first kappa shape index (κ1) is 44.0. The third-order valence-corrected chi connectivity index (χ3v) is 14.7. The largest absolute Gasteiger partial charge is 0.504 e. The Bertz CT molecular complexity index is 1670. The number of aliphatic hydroxyl groups is 3. The number of guanidine groups is 1. The van der Waals surface area contributed by atoms with E-state index in [1.54, 1.807) is 6.07 Å². The number of phenolic OH excluding ortho intramolecular Hbond substituents is 1. The second-order valence-corrected chi connectivity index (χ2v) is 18.9. The number of ether oxygens (including phenoxy) is 2. The molecule has 1 aromatic carbocycles. The van der Waals surface area contributed by atoms with Crippen LogP contribution >= 0.6 is 0 Å². The zero-order valence-electron chi connectivity index (χ0n) is 35.6. The highest BCUT2D eigenvalue weighted by Gasteiger charge is 2.46. The number of nitrogens with two attached hydrogens (primary N) is 1. The molecule has 6 aliphatic heterocycles. The minimum atomic E-state index is -0.766. The van der Waals surface area contributed by atoms with Crippen molar-refractivity contribution in [2.24, 2.45) is 45.7 Å². The molecule has 59 heavy (non-hydrogen) atoms. The molecule has 13 nitrogen and oxygen atoms in total. The van der Waals surface area contributed by atoms with E-state index in [-0.39, 0.29) is 61.3 Å². The van der Waals surface area contributed by atoms with Crippen LogP contribution in [0.25, 0.3) is 0 Å². The van der Waals surface area contributed by atoms with E-state index in [1.807, 2.05) is 6.07 Å². The molecule has 3 saturated heterocycles. The van der Waals surface area contributed by atoms with Crippen molar-refractivity contribution in [3.63, 3.8) is 0 Å². The lowest BCUT2D eigenvalue weighted by molar-refractivity contribution is -0.152. The van der Waals surface area contributed by atoms with Crippen LogP contribution in [0, 0.1) is 46.8 Å². The number of benzene rings is 1. The molecule has 2 unspecified atom stereocenters. The van der Waals surface area contributed by atoms with Crippen LogP contribution in [-0.2, 0) is 22.6 Å². The summed E-state index contributed by atoms with van der Waals surface area (Å²) < 4.78 is 12.7. The van der Waals surface area contributed by atoms with Crippen molar-refractivity contribution in [1.29, 1.82) is 0 Å². The molecular weight excluding hydrogens is 749 g/mol. The number of carbonyl (C=O) groups is 1. The number of carbonyl (C=O) groups excluding carboxylic acids is 1. The Hall–Kier alpha value is -3.12. The molecule has 8 N–H and O–H groups in total. The van der Waals surface area contributed by atoms with Crippen molar-refractivity contribution >= 4 is 11.9 Å². The number of hydrogen-bond acceptors (Lipinski definition) is 13. The topological polar surface area (TPSA) is 185 Å². The predicted molar refractivity (Wildman–Crippen MR) is 227 cm³/mol. The zero-order chi connectivity index (χ0) is 41.5. The quantitative estimate of drug-likeness (QED) is 0.121. The minimum Gasteiger partial charge on any atom is -0.504 e. The molecule has 6 heterocycles. The van der Waals surface area contributed by atoms with Crippen LogP contribution in [0.15, 0.2) is 17.1 Å². The SMILES string of the molecule is CCCCC[C@H]1CN2C[C@H]3C[C@H](CN(CN=C(N)NC[C@@]14C#C[C@H]1CCC[C@H]5C[C@H](CCN5)Oc5cc(c(CO)cc5O)C[C@H]1[C@@H](OC(C)=O)C[C@@H](O)CC4)C3)[C@H]2CO. The number of piperidine rings is 3. The van der Waals surface area contributed by atoms with Gasteiger partial charge in [0.1, 0.15) is 12.2 Å². The average molecular weight is 821 g/mol. The Morgan fingerprint density at radius 2 is 1.97 bits per heavy atom. The van der Waals surface area contributed by atoms with E-state index < -0.39 is 23.6 Å². The van der Waals surface area contributed by atoms with Gasteiger partial charge in [0.2, 0.25) is 0 Å². The van der Waals surface area contributed by atoms with Gasteiger partial charge in [0.05, 0.1) is 31.4 Å². The predicted octanol–water partition coefficient (Wildman–Crippen LogP) is 3.50. The van der Waals surface area contributed by atoms with Crippen molar-refractivity contribution in [1.82, 2.24) is 20.4 Å². The van der Waals surface area contributed by atoms with Crippen molar-refractivity contribution in [2.45, 2.75) is 141 Å². The number of phenols is 1.